The third kappa shape index (κ3) is 6.11. The fraction of sp³-hybridized carbons (Fsp3) is 0.308. The van der Waals surface area contributed by atoms with Crippen LogP contribution in [-0.4, -0.2) is 36.2 Å². The Morgan fingerprint density at radius 2 is 0.652 bits per heavy atom. The summed E-state index contributed by atoms with van der Waals surface area (Å²) in [4.78, 5) is 0. The average Bonchev–Trinajstić information content (AvgIpc) is 3.74. The molecule has 0 radical (unpaired) electrons. The van der Waals surface area contributed by atoms with Gasteiger partial charge < -0.3 is 13.8 Å². The van der Waals surface area contributed by atoms with Gasteiger partial charge in [0.25, 0.3) is 0 Å². The highest BCUT2D eigenvalue weighted by atomic mass is 15.5. The number of aromatic nitrogens is 6. The maximum absolute atomic E-state index is 5.25. The van der Waals surface area contributed by atoms with Crippen LogP contribution in [0.1, 0.15) is 93.1 Å². The Hall–Kier alpha value is -4.65. The summed E-state index contributed by atoms with van der Waals surface area (Å²) < 4.78 is 6.43. The van der Waals surface area contributed by atoms with Gasteiger partial charge in [0.2, 0.25) is 0 Å². The molecule has 0 fully saturated rings. The van der Waals surface area contributed by atoms with Crippen LogP contribution >= 0.6 is 0 Å². The SMILES string of the molecule is Cc1cc(-c2ccc(C(C)C)cc2)nn1[BH-](n1nc(-c2ccc(C(C)C)cc2)cc1C)n1nc(-c2ccc(C(C)C)cc2)cc1C. The highest BCUT2D eigenvalue weighted by Gasteiger charge is 2.22. The largest absolute Gasteiger partial charge is 0.400 e. The fourth-order valence-electron chi connectivity index (χ4n) is 6.31. The van der Waals surface area contributed by atoms with Gasteiger partial charge in [-0.3, -0.25) is 0 Å². The van der Waals surface area contributed by atoms with E-state index >= 15 is 0 Å². The summed E-state index contributed by atoms with van der Waals surface area (Å²) in [6.07, 6.45) is 0. The molecule has 236 valence electrons. The zero-order chi connectivity index (χ0) is 32.7. The van der Waals surface area contributed by atoms with Gasteiger partial charge in [-0.15, -0.1) is 0 Å². The Balaban J connectivity index is 1.47. The number of hydrogen-bond donors (Lipinski definition) is 0. The van der Waals surface area contributed by atoms with Crippen LogP contribution in [0.4, 0.5) is 0 Å². The molecule has 0 aliphatic heterocycles. The minimum Gasteiger partial charge on any atom is -0.400 e. The lowest BCUT2D eigenvalue weighted by molar-refractivity contribution is 0.743. The maximum Gasteiger partial charge on any atom is 0.326 e. The Bertz CT molecular complexity index is 1710. The quantitative estimate of drug-likeness (QED) is 0.154. The molecular formula is C39H46BN6-. The first kappa shape index (κ1) is 31.3. The van der Waals surface area contributed by atoms with Gasteiger partial charge in [0, 0.05) is 16.7 Å². The Morgan fingerprint density at radius 1 is 0.413 bits per heavy atom. The molecule has 0 unspecified atom stereocenters. The molecule has 0 aliphatic carbocycles. The van der Waals surface area contributed by atoms with Crippen molar-refractivity contribution in [2.75, 3.05) is 0 Å². The maximum atomic E-state index is 5.25. The lowest BCUT2D eigenvalue weighted by Crippen LogP contribution is -2.45. The highest BCUT2D eigenvalue weighted by Crippen LogP contribution is 2.27. The van der Waals surface area contributed by atoms with Gasteiger partial charge in [-0.1, -0.05) is 114 Å². The third-order valence-corrected chi connectivity index (χ3v) is 9.37. The molecule has 0 aliphatic rings. The van der Waals surface area contributed by atoms with Gasteiger partial charge in [0.1, 0.15) is 0 Å². The normalized spacial score (nSPS) is 11.9. The van der Waals surface area contributed by atoms with Crippen molar-refractivity contribution in [2.45, 2.75) is 80.1 Å². The first-order chi connectivity index (χ1) is 22.0. The van der Waals surface area contributed by atoms with E-state index in [9.17, 15) is 0 Å². The molecular weight excluding hydrogens is 563 g/mol. The van der Waals surface area contributed by atoms with Gasteiger partial charge in [-0.2, -0.15) is 0 Å². The summed E-state index contributed by atoms with van der Waals surface area (Å²) in [6.45, 7) is 19.7. The molecule has 0 atom stereocenters. The van der Waals surface area contributed by atoms with Gasteiger partial charge in [0.05, 0.1) is 17.1 Å². The number of benzene rings is 3. The van der Waals surface area contributed by atoms with Crippen molar-refractivity contribution in [2.24, 2.45) is 0 Å². The molecule has 3 aromatic heterocycles. The van der Waals surface area contributed by atoms with Crippen LogP contribution in [0.25, 0.3) is 33.8 Å². The highest BCUT2D eigenvalue weighted by molar-refractivity contribution is 6.53. The van der Waals surface area contributed by atoms with Crippen LogP contribution in [0.5, 0.6) is 0 Å². The molecule has 7 heteroatoms. The average molecular weight is 610 g/mol. The zero-order valence-corrected chi connectivity index (χ0v) is 28.8. The second-order valence-corrected chi connectivity index (χ2v) is 13.8. The Kier molecular flexibility index (Phi) is 8.60. The fourth-order valence-corrected chi connectivity index (χ4v) is 6.31. The van der Waals surface area contributed by atoms with E-state index < -0.39 is 7.12 Å². The molecule has 0 saturated heterocycles. The van der Waals surface area contributed by atoms with Crippen molar-refractivity contribution in [3.8, 4) is 33.8 Å². The predicted molar refractivity (Wildman–Crippen MR) is 193 cm³/mol. The topological polar surface area (TPSA) is 53.5 Å². The molecule has 0 N–H and O–H groups in total. The van der Waals surface area contributed by atoms with Crippen LogP contribution in [-0.2, 0) is 0 Å². The third-order valence-electron chi connectivity index (χ3n) is 9.37. The van der Waals surface area contributed by atoms with Crippen LogP contribution in [0.15, 0.2) is 91.0 Å². The van der Waals surface area contributed by atoms with Gasteiger partial charge in [0.15, 0.2) is 0 Å². The summed E-state index contributed by atoms with van der Waals surface area (Å²) >= 11 is 0. The van der Waals surface area contributed by atoms with E-state index in [1.54, 1.807) is 0 Å². The van der Waals surface area contributed by atoms with E-state index in [0.717, 1.165) is 50.9 Å². The zero-order valence-electron chi connectivity index (χ0n) is 28.8. The van der Waals surface area contributed by atoms with E-state index in [1.165, 1.54) is 16.7 Å². The van der Waals surface area contributed by atoms with Crippen LogP contribution in [0.2, 0.25) is 0 Å². The molecule has 3 aromatic carbocycles. The van der Waals surface area contributed by atoms with Crippen molar-refractivity contribution in [3.05, 3.63) is 125 Å². The molecule has 0 spiro atoms. The van der Waals surface area contributed by atoms with Crippen molar-refractivity contribution in [1.82, 2.24) is 29.1 Å². The summed E-state index contributed by atoms with van der Waals surface area (Å²) in [7, 11) is -1.61. The van der Waals surface area contributed by atoms with Crippen molar-refractivity contribution >= 4 is 7.12 Å². The van der Waals surface area contributed by atoms with E-state index in [-0.39, 0.29) is 0 Å². The van der Waals surface area contributed by atoms with Crippen LogP contribution in [0.3, 0.4) is 0 Å². The van der Waals surface area contributed by atoms with Gasteiger partial charge in [-0.25, -0.2) is 15.3 Å². The van der Waals surface area contributed by atoms with Gasteiger partial charge in [-0.05, 0) is 90.5 Å². The number of rotatable bonds is 9. The lowest BCUT2D eigenvalue weighted by Gasteiger charge is -2.31. The second kappa shape index (κ2) is 12.6. The summed E-state index contributed by atoms with van der Waals surface area (Å²) in [6, 6.07) is 32.9. The number of aryl methyl sites for hydroxylation is 3. The van der Waals surface area contributed by atoms with Gasteiger partial charge >= 0.3 is 7.12 Å². The van der Waals surface area contributed by atoms with E-state index in [1.807, 2.05) is 0 Å². The Labute approximate surface area is 274 Å². The Morgan fingerprint density at radius 3 is 0.870 bits per heavy atom. The molecule has 6 rings (SSSR count). The van der Waals surface area contributed by atoms with Crippen LogP contribution < -0.4 is 0 Å². The number of hydrogen-bond acceptors (Lipinski definition) is 3. The summed E-state index contributed by atoms with van der Waals surface area (Å²) in [5.74, 6) is 1.46. The minimum atomic E-state index is -1.61. The molecule has 0 amide bonds. The van der Waals surface area contributed by atoms with Crippen LogP contribution in [0, 0.1) is 20.8 Å². The predicted octanol–water partition coefficient (Wildman–Crippen LogP) is 9.23. The second-order valence-electron chi connectivity index (χ2n) is 13.8. The molecule has 0 bridgehead atoms. The molecule has 0 saturated carbocycles. The lowest BCUT2D eigenvalue weighted by atomic mass is 9.93. The van der Waals surface area contributed by atoms with E-state index in [4.69, 9.17) is 15.3 Å². The summed E-state index contributed by atoms with van der Waals surface area (Å²) in [5.41, 5.74) is 13.4. The first-order valence-corrected chi connectivity index (χ1v) is 16.7. The molecule has 6 nitrogen and oxygen atoms in total. The van der Waals surface area contributed by atoms with E-state index in [2.05, 4.69) is 167 Å². The molecule has 3 heterocycles. The van der Waals surface area contributed by atoms with Crippen molar-refractivity contribution in [1.29, 1.82) is 0 Å². The molecule has 46 heavy (non-hydrogen) atoms. The minimum absolute atomic E-state index is 0.485. The van der Waals surface area contributed by atoms with E-state index in [0.29, 0.717) is 17.8 Å². The smallest absolute Gasteiger partial charge is 0.326 e. The standard InChI is InChI=1S/C39H46BN6/c1-25(2)31-10-16-34(17-11-31)37-22-28(7)44(41-37)40(45-29(8)23-38(42-45)35-18-12-32(13-19-35)26(3)4)46-30(9)24-39(43-46)36-20-14-33(15-21-36)27(5)6/h10-27,40H,1-9H3/q-1. The number of nitrogens with zero attached hydrogens (tertiary/aromatic N) is 6. The monoisotopic (exact) mass is 609 g/mol. The first-order valence-electron chi connectivity index (χ1n) is 16.7. The molecule has 6 aromatic rings. The van der Waals surface area contributed by atoms with Crippen molar-refractivity contribution < 1.29 is 0 Å². The summed E-state index contributed by atoms with van der Waals surface area (Å²) in [5, 5.41) is 15.7. The van der Waals surface area contributed by atoms with Crippen molar-refractivity contribution in [3.63, 3.8) is 0 Å².